The monoisotopic (exact) mass is 750 g/mol. The first-order chi connectivity index (χ1) is 28.6. The van der Waals surface area contributed by atoms with Gasteiger partial charge in [-0.05, 0) is 93.5 Å². The van der Waals surface area contributed by atoms with Crippen molar-refractivity contribution < 1.29 is 0 Å². The van der Waals surface area contributed by atoms with E-state index < -0.39 is 0 Å². The van der Waals surface area contributed by atoms with Gasteiger partial charge in [-0.25, -0.2) is 19.9 Å². The number of hydrogen-bond donors (Lipinski definition) is 0. The van der Waals surface area contributed by atoms with Crippen molar-refractivity contribution in [1.29, 1.82) is 0 Å². The molecule has 0 unspecified atom stereocenters. The summed E-state index contributed by atoms with van der Waals surface area (Å²) in [5.41, 5.74) is 20.7. The first kappa shape index (κ1) is 36.8. The van der Waals surface area contributed by atoms with Crippen molar-refractivity contribution in [3.05, 3.63) is 191 Å². The Morgan fingerprint density at radius 3 is 1.33 bits per heavy atom. The second-order valence-corrected chi connectivity index (χ2v) is 14.9. The van der Waals surface area contributed by atoms with Crippen molar-refractivity contribution in [3.8, 4) is 67.5 Å². The Kier molecular flexibility index (Phi) is 10.2. The third-order valence-corrected chi connectivity index (χ3v) is 11.5. The van der Waals surface area contributed by atoms with E-state index in [9.17, 15) is 0 Å². The summed E-state index contributed by atoms with van der Waals surface area (Å²) >= 11 is 0. The van der Waals surface area contributed by atoms with E-state index in [1.165, 1.54) is 61.5 Å². The Balaban J connectivity index is 1.08. The maximum atomic E-state index is 5.45. The zero-order valence-corrected chi connectivity index (χ0v) is 33.6. The number of hydrogen-bond acceptors (Lipinski definition) is 4. The highest BCUT2D eigenvalue weighted by Crippen LogP contribution is 2.48. The average molecular weight is 751 g/mol. The average Bonchev–Trinajstić information content (AvgIpc) is 3.82. The predicted octanol–water partition coefficient (Wildman–Crippen LogP) is 13.9. The molecule has 9 rings (SSSR count). The van der Waals surface area contributed by atoms with E-state index >= 15 is 0 Å². The Labute approximate surface area is 342 Å². The number of nitrogens with zero attached hydrogens (tertiary/aromatic N) is 4. The normalized spacial score (nSPS) is 13.6. The van der Waals surface area contributed by atoms with Crippen molar-refractivity contribution in [1.82, 2.24) is 19.9 Å². The third-order valence-electron chi connectivity index (χ3n) is 11.5. The highest BCUT2D eigenvalue weighted by molar-refractivity contribution is 5.91. The molecular weight excluding hydrogens is 705 g/mol. The molecule has 0 spiro atoms. The minimum Gasteiger partial charge on any atom is -0.248 e. The summed E-state index contributed by atoms with van der Waals surface area (Å²) in [7, 11) is 0. The van der Waals surface area contributed by atoms with Gasteiger partial charge >= 0.3 is 0 Å². The van der Waals surface area contributed by atoms with Crippen molar-refractivity contribution in [3.63, 3.8) is 0 Å². The Hall–Kier alpha value is -6.78. The number of fused-ring (bicyclic) bond motifs is 2. The van der Waals surface area contributed by atoms with Gasteiger partial charge in [0.1, 0.15) is 0 Å². The maximum Gasteiger partial charge on any atom is 0.164 e. The van der Waals surface area contributed by atoms with Crippen LogP contribution in [0.3, 0.4) is 0 Å². The van der Waals surface area contributed by atoms with Crippen LogP contribution in [-0.4, -0.2) is 19.9 Å². The van der Waals surface area contributed by atoms with E-state index in [2.05, 4.69) is 143 Å². The van der Waals surface area contributed by atoms with Crippen LogP contribution in [0.25, 0.3) is 78.7 Å². The van der Waals surface area contributed by atoms with Crippen LogP contribution in [0.1, 0.15) is 63.1 Å². The minimum atomic E-state index is 0.642. The third kappa shape index (κ3) is 6.75. The molecule has 2 aliphatic rings. The van der Waals surface area contributed by atoms with Crippen molar-refractivity contribution in [2.24, 2.45) is 0 Å². The molecule has 0 atom stereocenters. The molecule has 7 aromatic rings. The molecule has 0 radical (unpaired) electrons. The first-order valence-electron chi connectivity index (χ1n) is 20.5. The number of pyridine rings is 1. The highest BCUT2D eigenvalue weighted by Gasteiger charge is 2.32. The highest BCUT2D eigenvalue weighted by atomic mass is 15.0. The SMILES string of the molecule is C/C=C\C1=C(CC)c2nc3c(c(-c4ccc(-c5ccc(-c6nc(-c7ccccc7)nc(-c7ccccc7-c7ccccc7)n6)cc5)cc4)c2C1)CC(/C=C\C)=C3CC. The van der Waals surface area contributed by atoms with Gasteiger partial charge in [0.2, 0.25) is 0 Å². The minimum absolute atomic E-state index is 0.642. The fraction of sp³-hybridized carbons (Fsp3) is 0.148. The zero-order valence-electron chi connectivity index (χ0n) is 33.6. The van der Waals surface area contributed by atoms with Gasteiger partial charge in [0.25, 0.3) is 0 Å². The van der Waals surface area contributed by atoms with Crippen LogP contribution in [0.15, 0.2) is 169 Å². The van der Waals surface area contributed by atoms with Crippen LogP contribution in [0.4, 0.5) is 0 Å². The molecular formula is C54H46N4. The second kappa shape index (κ2) is 16.0. The van der Waals surface area contributed by atoms with E-state index in [0.29, 0.717) is 17.5 Å². The van der Waals surface area contributed by atoms with Gasteiger partial charge in [-0.2, -0.15) is 0 Å². The molecule has 4 heteroatoms. The molecule has 0 fully saturated rings. The summed E-state index contributed by atoms with van der Waals surface area (Å²) in [6.45, 7) is 8.74. The standard InChI is InChI=1S/C54H46N4/c1-5-17-41-33-47-49(48-34-42(18-6-2)44(8-4)51(48)55-50(47)43(41)7-3)38-29-25-35(26-30-38)36-27-31-40(32-28-36)53-56-52(39-21-13-10-14-22-39)57-54(58-53)46-24-16-15-23-45(46)37-19-11-9-12-20-37/h5-6,9-32H,7-8,33-34H2,1-4H3/b17-5-,18-6-. The Morgan fingerprint density at radius 1 is 0.414 bits per heavy atom. The van der Waals surface area contributed by atoms with Crippen LogP contribution in [0.5, 0.6) is 0 Å². The zero-order chi connectivity index (χ0) is 39.6. The summed E-state index contributed by atoms with van der Waals surface area (Å²) in [5.74, 6) is 1.94. The largest absolute Gasteiger partial charge is 0.248 e. The van der Waals surface area contributed by atoms with Crippen molar-refractivity contribution >= 4 is 11.1 Å². The molecule has 2 heterocycles. The molecule has 2 aliphatic carbocycles. The Bertz CT molecular complexity index is 2710. The van der Waals surface area contributed by atoms with Crippen molar-refractivity contribution in [2.45, 2.75) is 53.4 Å². The van der Waals surface area contributed by atoms with Crippen molar-refractivity contribution in [2.75, 3.05) is 0 Å². The molecule has 5 aromatic carbocycles. The lowest BCUT2D eigenvalue weighted by atomic mass is 9.90. The second-order valence-electron chi connectivity index (χ2n) is 14.9. The molecule has 0 aliphatic heterocycles. The molecule has 0 bridgehead atoms. The van der Waals surface area contributed by atoms with Gasteiger partial charge in [-0.3, -0.25) is 0 Å². The number of allylic oxidation sites excluding steroid dienone is 8. The molecule has 4 nitrogen and oxygen atoms in total. The Morgan fingerprint density at radius 2 is 0.828 bits per heavy atom. The van der Waals surface area contributed by atoms with Gasteiger partial charge in [0, 0.05) is 29.5 Å². The van der Waals surface area contributed by atoms with E-state index in [4.69, 9.17) is 19.9 Å². The fourth-order valence-corrected chi connectivity index (χ4v) is 8.80. The lowest BCUT2D eigenvalue weighted by Gasteiger charge is -2.17. The molecule has 282 valence electrons. The van der Waals surface area contributed by atoms with Gasteiger partial charge in [-0.1, -0.05) is 172 Å². The van der Waals surface area contributed by atoms with Crippen LogP contribution in [0, 0.1) is 0 Å². The fourth-order valence-electron chi connectivity index (χ4n) is 8.80. The number of benzene rings is 5. The summed E-state index contributed by atoms with van der Waals surface area (Å²) in [6.07, 6.45) is 12.7. The number of rotatable bonds is 10. The lowest BCUT2D eigenvalue weighted by Crippen LogP contribution is -2.03. The smallest absolute Gasteiger partial charge is 0.164 e. The molecule has 0 saturated heterocycles. The van der Waals surface area contributed by atoms with Gasteiger partial charge in [-0.15, -0.1) is 0 Å². The van der Waals surface area contributed by atoms with Crippen LogP contribution in [0.2, 0.25) is 0 Å². The maximum absolute atomic E-state index is 5.45. The van der Waals surface area contributed by atoms with Gasteiger partial charge in [0.05, 0.1) is 11.4 Å². The summed E-state index contributed by atoms with van der Waals surface area (Å²) in [4.78, 5) is 20.6. The predicted molar refractivity (Wildman–Crippen MR) is 242 cm³/mol. The lowest BCUT2D eigenvalue weighted by molar-refractivity contribution is 1.07. The summed E-state index contributed by atoms with van der Waals surface area (Å²) in [5, 5.41) is 0. The number of aromatic nitrogens is 4. The van der Waals surface area contributed by atoms with E-state index in [1.807, 2.05) is 42.5 Å². The van der Waals surface area contributed by atoms with Crippen LogP contribution < -0.4 is 0 Å². The van der Waals surface area contributed by atoms with E-state index in [1.54, 1.807) is 0 Å². The van der Waals surface area contributed by atoms with Crippen LogP contribution in [-0.2, 0) is 12.8 Å². The quantitative estimate of drug-likeness (QED) is 0.140. The molecule has 0 amide bonds. The molecule has 2 aromatic heterocycles. The molecule has 58 heavy (non-hydrogen) atoms. The first-order valence-corrected chi connectivity index (χ1v) is 20.5. The topological polar surface area (TPSA) is 51.6 Å². The molecule has 0 saturated carbocycles. The summed E-state index contributed by atoms with van der Waals surface area (Å²) in [6, 6.07) is 46.7. The molecule has 0 N–H and O–H groups in total. The summed E-state index contributed by atoms with van der Waals surface area (Å²) < 4.78 is 0. The van der Waals surface area contributed by atoms with E-state index in [0.717, 1.165) is 59.1 Å². The van der Waals surface area contributed by atoms with Gasteiger partial charge < -0.3 is 0 Å². The van der Waals surface area contributed by atoms with Gasteiger partial charge in [0.15, 0.2) is 17.5 Å². The van der Waals surface area contributed by atoms with Crippen LogP contribution >= 0.6 is 0 Å². The van der Waals surface area contributed by atoms with E-state index in [-0.39, 0.29) is 0 Å².